The third-order valence-electron chi connectivity index (χ3n) is 7.82. The van der Waals surface area contributed by atoms with Crippen molar-refractivity contribution < 1.29 is 23.9 Å². The number of imidazole rings is 1. The van der Waals surface area contributed by atoms with E-state index in [2.05, 4.69) is 25.6 Å². The average Bonchev–Trinajstić information content (AvgIpc) is 3.77. The normalized spacial score (nSPS) is 16.4. The lowest BCUT2D eigenvalue weighted by atomic mass is 9.96. The third kappa shape index (κ3) is 6.50. The van der Waals surface area contributed by atoms with Crippen LogP contribution in [0, 0.1) is 0 Å². The van der Waals surface area contributed by atoms with Crippen LogP contribution in [0.2, 0.25) is 0 Å². The number of ether oxygens (including phenoxy) is 1. The molecular weight excluding hydrogens is 562 g/mol. The van der Waals surface area contributed by atoms with Crippen LogP contribution < -0.4 is 16.4 Å². The Morgan fingerprint density at radius 3 is 2.57 bits per heavy atom. The number of fused-ring (bicyclic) bond motifs is 1. The maximum atomic E-state index is 13.9. The van der Waals surface area contributed by atoms with Gasteiger partial charge < -0.3 is 36.0 Å². The molecule has 0 saturated carbocycles. The fraction of sp³-hybridized carbons (Fsp3) is 0.344. The molecule has 2 aromatic carbocycles. The number of nitrogens with one attached hydrogen (secondary N) is 4. The molecule has 1 saturated heterocycles. The second kappa shape index (κ2) is 12.7. The molecule has 44 heavy (non-hydrogen) atoms. The number of hydrogen-bond donors (Lipinski definition) is 5. The van der Waals surface area contributed by atoms with E-state index in [1.54, 1.807) is 13.8 Å². The monoisotopic (exact) mass is 599 g/mol. The molecule has 3 heterocycles. The molecule has 1 aliphatic heterocycles. The summed E-state index contributed by atoms with van der Waals surface area (Å²) in [6.07, 6.45) is 4.64. The van der Waals surface area contributed by atoms with Gasteiger partial charge in [0, 0.05) is 30.1 Å². The van der Waals surface area contributed by atoms with Crippen molar-refractivity contribution >= 4 is 40.4 Å². The summed E-state index contributed by atoms with van der Waals surface area (Å²) >= 11 is 0. The molecule has 3 amide bonds. The number of nitrogens with zero attached hydrogens (tertiary/aromatic N) is 2. The predicted octanol–water partition coefficient (Wildman–Crippen LogP) is 2.59. The highest BCUT2D eigenvalue weighted by Crippen LogP contribution is 2.30. The van der Waals surface area contributed by atoms with Crippen molar-refractivity contribution in [2.75, 3.05) is 19.0 Å². The molecule has 5 rings (SSSR count). The lowest BCUT2D eigenvalue weighted by molar-refractivity contribution is -0.151. The third-order valence-corrected chi connectivity index (χ3v) is 7.82. The Morgan fingerprint density at radius 2 is 1.84 bits per heavy atom. The van der Waals surface area contributed by atoms with Crippen molar-refractivity contribution in [1.29, 1.82) is 0 Å². The molecule has 0 spiro atoms. The van der Waals surface area contributed by atoms with Crippen molar-refractivity contribution in [3.63, 3.8) is 0 Å². The molecule has 4 aromatic rings. The summed E-state index contributed by atoms with van der Waals surface area (Å²) in [7, 11) is 1.31. The van der Waals surface area contributed by atoms with Gasteiger partial charge in [-0.25, -0.2) is 9.78 Å². The van der Waals surface area contributed by atoms with Crippen LogP contribution >= 0.6 is 0 Å². The number of methoxy groups -OCH3 is 1. The van der Waals surface area contributed by atoms with E-state index in [1.165, 1.54) is 18.2 Å². The number of benzene rings is 2. The van der Waals surface area contributed by atoms with Crippen LogP contribution in [-0.4, -0.2) is 74.8 Å². The molecular formula is C32H37N7O5. The summed E-state index contributed by atoms with van der Waals surface area (Å²) in [6, 6.07) is 15.2. The molecule has 2 aromatic heterocycles. The molecule has 0 bridgehead atoms. The second-order valence-corrected chi connectivity index (χ2v) is 11.5. The molecule has 1 aliphatic rings. The lowest BCUT2D eigenvalue weighted by Crippen LogP contribution is -2.55. The van der Waals surface area contributed by atoms with Crippen molar-refractivity contribution in [1.82, 2.24) is 25.2 Å². The Balaban J connectivity index is 1.40. The number of hydrogen-bond acceptors (Lipinski definition) is 7. The van der Waals surface area contributed by atoms with Gasteiger partial charge in [0.25, 0.3) is 0 Å². The van der Waals surface area contributed by atoms with Gasteiger partial charge >= 0.3 is 5.97 Å². The standard InChI is InChI=1S/C32H37N7O5/c1-32(2,33)31(43)36-23(16-20-17-34-22-13-8-7-12-21(20)22)28(40)38-25-18-35-27(37-25)26(19-10-5-4-6-11-19)29(41)39-15-9-14-24(39)30(42)44-3/h4-8,10-13,17-18,23-24,26,34H,9,14-16,33H2,1-3H3,(H,35,37)(H,36,43)(H,38,40)/t23-,24?,26?/m1/s1. The minimum absolute atomic E-state index is 0.202. The van der Waals surface area contributed by atoms with E-state index < -0.39 is 41.3 Å². The second-order valence-electron chi connectivity index (χ2n) is 11.5. The lowest BCUT2D eigenvalue weighted by Gasteiger charge is -2.27. The number of esters is 1. The van der Waals surface area contributed by atoms with E-state index in [9.17, 15) is 19.2 Å². The maximum absolute atomic E-state index is 13.9. The van der Waals surface area contributed by atoms with Crippen molar-refractivity contribution in [2.24, 2.45) is 5.73 Å². The topological polar surface area (TPSA) is 175 Å². The van der Waals surface area contributed by atoms with Crippen LogP contribution in [0.15, 0.2) is 67.0 Å². The van der Waals surface area contributed by atoms with Gasteiger partial charge in [0.15, 0.2) is 0 Å². The molecule has 0 aliphatic carbocycles. The zero-order chi connectivity index (χ0) is 31.4. The molecule has 3 atom stereocenters. The molecule has 12 heteroatoms. The van der Waals surface area contributed by atoms with Gasteiger partial charge in [-0.3, -0.25) is 14.4 Å². The summed E-state index contributed by atoms with van der Waals surface area (Å²) in [5.74, 6) is -2.04. The minimum atomic E-state index is -1.21. The summed E-state index contributed by atoms with van der Waals surface area (Å²) < 4.78 is 4.94. The Morgan fingerprint density at radius 1 is 1.11 bits per heavy atom. The van der Waals surface area contributed by atoms with Gasteiger partial charge in [-0.05, 0) is 43.9 Å². The summed E-state index contributed by atoms with van der Waals surface area (Å²) in [4.78, 5) is 65.1. The first-order valence-corrected chi connectivity index (χ1v) is 14.5. The Hall–Kier alpha value is -4.97. The van der Waals surface area contributed by atoms with E-state index in [0.29, 0.717) is 30.8 Å². The molecule has 2 unspecified atom stereocenters. The fourth-order valence-corrected chi connectivity index (χ4v) is 5.48. The van der Waals surface area contributed by atoms with Gasteiger partial charge in [-0.2, -0.15) is 0 Å². The first kappa shape index (κ1) is 30.5. The largest absolute Gasteiger partial charge is 0.467 e. The number of carbonyl (C=O) groups excluding carboxylic acids is 4. The summed E-state index contributed by atoms with van der Waals surface area (Å²) in [5.41, 5.74) is 7.25. The highest BCUT2D eigenvalue weighted by molar-refractivity contribution is 5.99. The van der Waals surface area contributed by atoms with E-state index in [4.69, 9.17) is 10.5 Å². The van der Waals surface area contributed by atoms with Gasteiger partial charge in [-0.15, -0.1) is 0 Å². The molecule has 1 fully saturated rings. The maximum Gasteiger partial charge on any atom is 0.328 e. The van der Waals surface area contributed by atoms with Crippen LogP contribution in [0.5, 0.6) is 0 Å². The number of H-pyrrole nitrogens is 2. The number of rotatable bonds is 10. The fourth-order valence-electron chi connectivity index (χ4n) is 5.48. The molecule has 12 nitrogen and oxygen atoms in total. The number of aromatic amines is 2. The number of nitrogens with two attached hydrogens (primary N) is 1. The van der Waals surface area contributed by atoms with E-state index in [1.807, 2.05) is 60.8 Å². The first-order chi connectivity index (χ1) is 21.1. The van der Waals surface area contributed by atoms with Crippen LogP contribution in [0.1, 0.15) is 49.6 Å². The highest BCUT2D eigenvalue weighted by Gasteiger charge is 2.40. The number of likely N-dealkylation sites (tertiary alicyclic amines) is 1. The van der Waals surface area contributed by atoms with Crippen molar-refractivity contribution in [2.45, 2.75) is 56.7 Å². The Kier molecular flexibility index (Phi) is 8.81. The molecule has 0 radical (unpaired) electrons. The van der Waals surface area contributed by atoms with Crippen LogP contribution in [0.25, 0.3) is 10.9 Å². The van der Waals surface area contributed by atoms with Gasteiger partial charge in [0.05, 0.1) is 18.8 Å². The SMILES string of the molecule is COC(=O)C1CCCN1C(=O)C(c1ccccc1)c1ncc(NC(=O)[C@@H](Cc2c[nH]c3ccccc23)NC(=O)C(C)(C)N)[nH]1. The zero-order valence-corrected chi connectivity index (χ0v) is 24.9. The molecule has 6 N–H and O–H groups in total. The number of aromatic nitrogens is 3. The van der Waals surface area contributed by atoms with Crippen molar-refractivity contribution in [3.05, 3.63) is 83.9 Å². The number of carbonyl (C=O) groups is 4. The zero-order valence-electron chi connectivity index (χ0n) is 24.9. The van der Waals surface area contributed by atoms with Gasteiger partial charge in [0.2, 0.25) is 17.7 Å². The summed E-state index contributed by atoms with van der Waals surface area (Å²) in [5, 5.41) is 6.53. The predicted molar refractivity (Wildman–Crippen MR) is 164 cm³/mol. The number of para-hydroxylation sites is 1. The van der Waals surface area contributed by atoms with Crippen LogP contribution in [0.3, 0.4) is 0 Å². The summed E-state index contributed by atoms with van der Waals surface area (Å²) in [6.45, 7) is 3.55. The van der Waals surface area contributed by atoms with E-state index >= 15 is 0 Å². The van der Waals surface area contributed by atoms with E-state index in [-0.39, 0.29) is 18.1 Å². The Bertz CT molecular complexity index is 1660. The van der Waals surface area contributed by atoms with Crippen LogP contribution in [-0.2, 0) is 30.3 Å². The van der Waals surface area contributed by atoms with Gasteiger partial charge in [-0.1, -0.05) is 48.5 Å². The van der Waals surface area contributed by atoms with E-state index in [0.717, 1.165) is 16.5 Å². The Labute approximate surface area is 254 Å². The van der Waals surface area contributed by atoms with Gasteiger partial charge in [0.1, 0.15) is 29.6 Å². The number of amides is 3. The highest BCUT2D eigenvalue weighted by atomic mass is 16.5. The smallest absolute Gasteiger partial charge is 0.328 e. The molecule has 230 valence electrons. The minimum Gasteiger partial charge on any atom is -0.467 e. The van der Waals surface area contributed by atoms with Crippen molar-refractivity contribution in [3.8, 4) is 0 Å². The van der Waals surface area contributed by atoms with Crippen LogP contribution in [0.4, 0.5) is 5.82 Å². The number of anilines is 1. The first-order valence-electron chi connectivity index (χ1n) is 14.5. The quantitative estimate of drug-likeness (QED) is 0.174. The average molecular weight is 600 g/mol.